The molecule has 3 rings (SSSR count). The van der Waals surface area contributed by atoms with Crippen LogP contribution in [0, 0.1) is 6.92 Å². The molecular weight excluding hydrogens is 383 g/mol. The first kappa shape index (κ1) is 19.7. The lowest BCUT2D eigenvalue weighted by atomic mass is 9.98. The fourth-order valence-corrected chi connectivity index (χ4v) is 3.15. The van der Waals surface area contributed by atoms with Crippen molar-refractivity contribution in [1.29, 1.82) is 0 Å². The van der Waals surface area contributed by atoms with Gasteiger partial charge < -0.3 is 14.8 Å². The normalized spacial score (nSPS) is 20.3. The fourth-order valence-electron chi connectivity index (χ4n) is 3.00. The number of nitrogens with one attached hydrogen (secondary N) is 1. The van der Waals surface area contributed by atoms with Crippen LogP contribution in [0.15, 0.2) is 30.5 Å². The summed E-state index contributed by atoms with van der Waals surface area (Å²) >= 11 is 5.97. The van der Waals surface area contributed by atoms with E-state index >= 15 is 0 Å². The van der Waals surface area contributed by atoms with Gasteiger partial charge in [0.1, 0.15) is 5.75 Å². The molecular formula is C18H19ClF3N3O2. The van der Waals surface area contributed by atoms with E-state index in [0.29, 0.717) is 11.7 Å². The second-order valence-corrected chi connectivity index (χ2v) is 6.71. The summed E-state index contributed by atoms with van der Waals surface area (Å²) in [7, 11) is 0. The maximum atomic E-state index is 12.3. The van der Waals surface area contributed by atoms with Gasteiger partial charge in [-0.2, -0.15) is 5.10 Å². The molecule has 5 nitrogen and oxygen atoms in total. The molecule has 1 saturated heterocycles. The molecule has 0 bridgehead atoms. The Labute approximate surface area is 159 Å². The average Bonchev–Trinajstić information content (AvgIpc) is 2.62. The van der Waals surface area contributed by atoms with E-state index in [1.165, 1.54) is 12.1 Å². The summed E-state index contributed by atoms with van der Waals surface area (Å²) in [5.74, 6) is -0.238. The van der Waals surface area contributed by atoms with Crippen molar-refractivity contribution in [2.75, 3.05) is 11.9 Å². The molecule has 1 aliphatic heterocycles. The molecule has 27 heavy (non-hydrogen) atoms. The van der Waals surface area contributed by atoms with Gasteiger partial charge in [0.05, 0.1) is 24.1 Å². The number of hydrogen-bond acceptors (Lipinski definition) is 5. The summed E-state index contributed by atoms with van der Waals surface area (Å²) in [6.45, 7) is 2.43. The van der Waals surface area contributed by atoms with E-state index < -0.39 is 6.36 Å². The molecule has 0 saturated carbocycles. The molecule has 0 spiro atoms. The molecule has 9 heteroatoms. The maximum absolute atomic E-state index is 12.3. The standard InChI is InChI=1S/C18H19ClF3N3O2/c1-11-15(10-24-25-17(11)19)23-9-14-3-2-4-16(26-14)12-5-7-13(8-6-12)27-18(20,21)22/h5-8,10,14,16H,2-4,9H2,1H3,(H,23,25). The summed E-state index contributed by atoms with van der Waals surface area (Å²) < 4.78 is 46.8. The minimum atomic E-state index is -4.69. The van der Waals surface area contributed by atoms with E-state index in [9.17, 15) is 13.2 Å². The molecule has 0 amide bonds. The topological polar surface area (TPSA) is 56.3 Å². The number of benzene rings is 1. The SMILES string of the molecule is Cc1c(NCC2CCCC(c3ccc(OC(F)(F)F)cc3)O2)cnnc1Cl. The van der Waals surface area contributed by atoms with Crippen molar-refractivity contribution in [1.82, 2.24) is 10.2 Å². The summed E-state index contributed by atoms with van der Waals surface area (Å²) in [4.78, 5) is 0. The Hall–Kier alpha value is -2.06. The number of alkyl halides is 3. The lowest BCUT2D eigenvalue weighted by molar-refractivity contribution is -0.274. The van der Waals surface area contributed by atoms with Gasteiger partial charge in [0, 0.05) is 12.1 Å². The Morgan fingerprint density at radius 1 is 1.26 bits per heavy atom. The highest BCUT2D eigenvalue weighted by molar-refractivity contribution is 6.30. The minimum absolute atomic E-state index is 0.0267. The molecule has 0 aliphatic carbocycles. The molecule has 1 N–H and O–H groups in total. The number of nitrogens with zero attached hydrogens (tertiary/aromatic N) is 2. The van der Waals surface area contributed by atoms with Crippen LogP contribution in [-0.2, 0) is 4.74 Å². The first-order valence-electron chi connectivity index (χ1n) is 8.54. The highest BCUT2D eigenvalue weighted by Crippen LogP contribution is 2.33. The van der Waals surface area contributed by atoms with Gasteiger partial charge in [-0.15, -0.1) is 18.3 Å². The monoisotopic (exact) mass is 401 g/mol. The summed E-state index contributed by atoms with van der Waals surface area (Å²) in [5, 5.41) is 11.2. The van der Waals surface area contributed by atoms with E-state index in [0.717, 1.165) is 36.1 Å². The van der Waals surface area contributed by atoms with Crippen molar-refractivity contribution >= 4 is 17.3 Å². The van der Waals surface area contributed by atoms with E-state index in [2.05, 4.69) is 20.3 Å². The zero-order chi connectivity index (χ0) is 19.4. The van der Waals surface area contributed by atoms with Crippen LogP contribution in [0.2, 0.25) is 5.15 Å². The van der Waals surface area contributed by atoms with Crippen LogP contribution < -0.4 is 10.1 Å². The Morgan fingerprint density at radius 3 is 2.70 bits per heavy atom. The second kappa shape index (κ2) is 8.31. The van der Waals surface area contributed by atoms with Gasteiger partial charge in [-0.3, -0.25) is 0 Å². The molecule has 1 aromatic heterocycles. The molecule has 146 valence electrons. The molecule has 1 aliphatic rings. The van der Waals surface area contributed by atoms with Crippen LogP contribution in [0.5, 0.6) is 5.75 Å². The minimum Gasteiger partial charge on any atom is -0.406 e. The number of rotatable bonds is 5. The third kappa shape index (κ3) is 5.46. The number of halogens is 4. The number of anilines is 1. The highest BCUT2D eigenvalue weighted by Gasteiger charge is 2.31. The lowest BCUT2D eigenvalue weighted by Crippen LogP contribution is -2.29. The molecule has 2 unspecified atom stereocenters. The third-order valence-corrected chi connectivity index (χ3v) is 4.76. The summed E-state index contributed by atoms with van der Waals surface area (Å²) in [6.07, 6.45) is -0.594. The second-order valence-electron chi connectivity index (χ2n) is 6.35. The largest absolute Gasteiger partial charge is 0.573 e. The van der Waals surface area contributed by atoms with Crippen LogP contribution in [0.25, 0.3) is 0 Å². The fraction of sp³-hybridized carbons (Fsp3) is 0.444. The van der Waals surface area contributed by atoms with Gasteiger partial charge in [0.2, 0.25) is 0 Å². The van der Waals surface area contributed by atoms with Crippen molar-refractivity contribution in [3.63, 3.8) is 0 Å². The van der Waals surface area contributed by atoms with Crippen LogP contribution in [0.4, 0.5) is 18.9 Å². The highest BCUT2D eigenvalue weighted by atomic mass is 35.5. The van der Waals surface area contributed by atoms with Gasteiger partial charge in [-0.1, -0.05) is 23.7 Å². The van der Waals surface area contributed by atoms with Gasteiger partial charge in [-0.05, 0) is 43.9 Å². The number of hydrogen-bond donors (Lipinski definition) is 1. The van der Waals surface area contributed by atoms with Gasteiger partial charge >= 0.3 is 6.36 Å². The zero-order valence-corrected chi connectivity index (χ0v) is 15.3. The van der Waals surface area contributed by atoms with Crippen molar-refractivity contribution in [2.45, 2.75) is 44.8 Å². The van der Waals surface area contributed by atoms with E-state index in [1.807, 2.05) is 6.92 Å². The van der Waals surface area contributed by atoms with Gasteiger partial charge in [-0.25, -0.2) is 0 Å². The molecule has 1 aromatic carbocycles. The molecule has 2 heterocycles. The number of ether oxygens (including phenoxy) is 2. The molecule has 1 fully saturated rings. The Morgan fingerprint density at radius 2 is 2.00 bits per heavy atom. The first-order valence-corrected chi connectivity index (χ1v) is 8.92. The van der Waals surface area contributed by atoms with Gasteiger partial charge in [0.25, 0.3) is 0 Å². The van der Waals surface area contributed by atoms with Crippen molar-refractivity contribution in [3.05, 3.63) is 46.7 Å². The van der Waals surface area contributed by atoms with Gasteiger partial charge in [0.15, 0.2) is 5.15 Å². The van der Waals surface area contributed by atoms with Crippen molar-refractivity contribution < 1.29 is 22.6 Å². The van der Waals surface area contributed by atoms with Crippen LogP contribution >= 0.6 is 11.6 Å². The van der Waals surface area contributed by atoms with Crippen LogP contribution in [0.1, 0.15) is 36.5 Å². The Balaban J connectivity index is 1.58. The average molecular weight is 402 g/mol. The predicted octanol–water partition coefficient (Wildman–Crippen LogP) is 5.06. The Kier molecular flexibility index (Phi) is 6.06. The predicted molar refractivity (Wildman–Crippen MR) is 94.9 cm³/mol. The van der Waals surface area contributed by atoms with E-state index in [4.69, 9.17) is 16.3 Å². The van der Waals surface area contributed by atoms with E-state index in [-0.39, 0.29) is 18.0 Å². The quantitative estimate of drug-likeness (QED) is 0.759. The zero-order valence-electron chi connectivity index (χ0n) is 14.6. The Bertz CT molecular complexity index is 771. The van der Waals surface area contributed by atoms with Crippen LogP contribution in [-0.4, -0.2) is 29.2 Å². The third-order valence-electron chi connectivity index (χ3n) is 4.40. The first-order chi connectivity index (χ1) is 12.8. The number of aromatic nitrogens is 2. The summed E-state index contributed by atoms with van der Waals surface area (Å²) in [5.41, 5.74) is 2.45. The molecule has 0 radical (unpaired) electrons. The smallest absolute Gasteiger partial charge is 0.406 e. The maximum Gasteiger partial charge on any atom is 0.573 e. The summed E-state index contributed by atoms with van der Waals surface area (Å²) in [6, 6.07) is 5.83. The van der Waals surface area contributed by atoms with Crippen molar-refractivity contribution in [2.24, 2.45) is 0 Å². The van der Waals surface area contributed by atoms with Crippen LogP contribution in [0.3, 0.4) is 0 Å². The lowest BCUT2D eigenvalue weighted by Gasteiger charge is -2.31. The molecule has 2 atom stereocenters. The van der Waals surface area contributed by atoms with E-state index in [1.54, 1.807) is 18.3 Å². The molecule has 2 aromatic rings. The van der Waals surface area contributed by atoms with Crippen molar-refractivity contribution in [3.8, 4) is 5.75 Å².